The number of hydrogen-bond acceptors (Lipinski definition) is 4. The highest BCUT2D eigenvalue weighted by Gasteiger charge is 2.21. The molecule has 0 saturated heterocycles. The first-order chi connectivity index (χ1) is 11.0. The molecule has 1 aromatic carbocycles. The maximum absolute atomic E-state index is 12.4. The number of hydrogen-bond donors (Lipinski definition) is 2. The Morgan fingerprint density at radius 2 is 2.00 bits per heavy atom. The van der Waals surface area contributed by atoms with Crippen molar-refractivity contribution < 1.29 is 8.42 Å². The smallest absolute Gasteiger partial charge is 0.259 e. The molecule has 0 radical (unpaired) electrons. The van der Waals surface area contributed by atoms with E-state index >= 15 is 0 Å². The predicted molar refractivity (Wildman–Crippen MR) is 95.5 cm³/mol. The number of nitrogens with two attached hydrogens (primary N) is 1. The summed E-state index contributed by atoms with van der Waals surface area (Å²) in [5.41, 5.74) is 7.73. The van der Waals surface area contributed by atoms with Gasteiger partial charge < -0.3 is 10.3 Å². The SMILES string of the molecule is CC(N)c1ccc(CNS(=O)(=O)c2cn3c(n2)CCCC3)cc1.Cl. The van der Waals surface area contributed by atoms with Gasteiger partial charge in [0.05, 0.1) is 0 Å². The van der Waals surface area contributed by atoms with Gasteiger partial charge in [0, 0.05) is 31.7 Å². The molecule has 1 unspecified atom stereocenters. The van der Waals surface area contributed by atoms with Crippen LogP contribution >= 0.6 is 12.4 Å². The molecular weight excluding hydrogens is 348 g/mol. The molecule has 1 atom stereocenters. The number of aromatic nitrogens is 2. The minimum atomic E-state index is -3.59. The Kier molecular flexibility index (Phi) is 6.03. The van der Waals surface area contributed by atoms with Gasteiger partial charge in [-0.25, -0.2) is 18.1 Å². The lowest BCUT2D eigenvalue weighted by atomic mass is 10.1. The molecule has 3 rings (SSSR count). The summed E-state index contributed by atoms with van der Waals surface area (Å²) in [6.45, 7) is 3.00. The fourth-order valence-corrected chi connectivity index (χ4v) is 3.70. The van der Waals surface area contributed by atoms with Crippen LogP contribution in [0.3, 0.4) is 0 Å². The Morgan fingerprint density at radius 1 is 1.29 bits per heavy atom. The van der Waals surface area contributed by atoms with Crippen LogP contribution in [0.1, 0.15) is 42.8 Å². The standard InChI is InChI=1S/C16H22N4O2S.ClH/c1-12(17)14-7-5-13(6-8-14)10-18-23(21,22)16-11-20-9-3-2-4-15(20)19-16;/h5-8,11-12,18H,2-4,9-10,17H2,1H3;1H. The number of rotatable bonds is 5. The summed E-state index contributed by atoms with van der Waals surface area (Å²) in [5.74, 6) is 0.859. The third-order valence-corrected chi connectivity index (χ3v) is 5.41. The molecule has 6 nitrogen and oxygen atoms in total. The fourth-order valence-electron chi connectivity index (χ4n) is 2.71. The molecule has 0 bridgehead atoms. The van der Waals surface area contributed by atoms with Gasteiger partial charge in [0.1, 0.15) is 5.82 Å². The number of nitrogens with zero attached hydrogens (tertiary/aromatic N) is 2. The fraction of sp³-hybridized carbons (Fsp3) is 0.438. The van der Waals surface area contributed by atoms with Crippen LogP contribution < -0.4 is 10.5 Å². The third-order valence-electron chi connectivity index (χ3n) is 4.13. The molecule has 1 aliphatic rings. The Bertz CT molecular complexity index is 761. The van der Waals surface area contributed by atoms with Gasteiger partial charge in [-0.2, -0.15) is 0 Å². The molecule has 8 heteroatoms. The average Bonchev–Trinajstić information content (AvgIpc) is 2.98. The summed E-state index contributed by atoms with van der Waals surface area (Å²) in [7, 11) is -3.59. The number of nitrogens with one attached hydrogen (secondary N) is 1. The minimum Gasteiger partial charge on any atom is -0.333 e. The normalized spacial score (nSPS) is 15.4. The van der Waals surface area contributed by atoms with Gasteiger partial charge in [-0.3, -0.25) is 0 Å². The van der Waals surface area contributed by atoms with Crippen LogP contribution in [0.15, 0.2) is 35.5 Å². The summed E-state index contributed by atoms with van der Waals surface area (Å²) in [6, 6.07) is 7.59. The molecule has 0 amide bonds. The molecule has 0 saturated carbocycles. The van der Waals surface area contributed by atoms with Crippen molar-refractivity contribution in [2.75, 3.05) is 0 Å². The summed E-state index contributed by atoms with van der Waals surface area (Å²) >= 11 is 0. The van der Waals surface area contributed by atoms with Gasteiger partial charge in [0.25, 0.3) is 10.0 Å². The van der Waals surface area contributed by atoms with Crippen molar-refractivity contribution in [3.8, 4) is 0 Å². The molecule has 0 spiro atoms. The lowest BCUT2D eigenvalue weighted by Crippen LogP contribution is -2.23. The Labute approximate surface area is 148 Å². The maximum atomic E-state index is 12.4. The van der Waals surface area contributed by atoms with E-state index in [1.165, 1.54) is 0 Å². The first kappa shape index (κ1) is 18.9. The predicted octanol–water partition coefficient (Wildman–Crippen LogP) is 2.14. The second-order valence-corrected chi connectivity index (χ2v) is 7.71. The van der Waals surface area contributed by atoms with Gasteiger partial charge in [-0.15, -0.1) is 12.4 Å². The zero-order chi connectivity index (χ0) is 16.4. The van der Waals surface area contributed by atoms with E-state index in [-0.39, 0.29) is 30.0 Å². The van der Waals surface area contributed by atoms with Crippen LogP contribution in [0.5, 0.6) is 0 Å². The zero-order valence-electron chi connectivity index (χ0n) is 13.6. The topological polar surface area (TPSA) is 90.0 Å². The molecule has 1 aromatic heterocycles. The zero-order valence-corrected chi connectivity index (χ0v) is 15.2. The van der Waals surface area contributed by atoms with Crippen molar-refractivity contribution in [3.63, 3.8) is 0 Å². The molecule has 1 aliphatic heterocycles. The van der Waals surface area contributed by atoms with Gasteiger partial charge in [-0.1, -0.05) is 24.3 Å². The largest absolute Gasteiger partial charge is 0.333 e. The van der Waals surface area contributed by atoms with Crippen molar-refractivity contribution in [1.82, 2.24) is 14.3 Å². The van der Waals surface area contributed by atoms with Gasteiger partial charge in [0.2, 0.25) is 0 Å². The number of imidazole rings is 1. The molecule has 2 heterocycles. The van der Waals surface area contributed by atoms with E-state index in [1.54, 1.807) is 6.20 Å². The van der Waals surface area contributed by atoms with Gasteiger partial charge in [-0.05, 0) is 30.9 Å². The van der Waals surface area contributed by atoms with E-state index in [2.05, 4.69) is 9.71 Å². The summed E-state index contributed by atoms with van der Waals surface area (Å²) in [6.07, 6.45) is 4.61. The minimum absolute atomic E-state index is 0. The van der Waals surface area contributed by atoms with E-state index in [4.69, 9.17) is 5.73 Å². The van der Waals surface area contributed by atoms with E-state index < -0.39 is 10.0 Å². The third kappa shape index (κ3) is 4.16. The maximum Gasteiger partial charge on any atom is 0.259 e. The molecule has 132 valence electrons. The van der Waals surface area contributed by atoms with Gasteiger partial charge >= 0.3 is 0 Å². The second kappa shape index (κ2) is 7.65. The van der Waals surface area contributed by atoms with Crippen molar-refractivity contribution in [3.05, 3.63) is 47.4 Å². The number of fused-ring (bicyclic) bond motifs is 1. The van der Waals surface area contributed by atoms with Crippen molar-refractivity contribution in [2.45, 2.75) is 50.3 Å². The molecule has 0 aliphatic carbocycles. The Hall–Kier alpha value is -1.41. The quantitative estimate of drug-likeness (QED) is 0.843. The monoisotopic (exact) mass is 370 g/mol. The number of aryl methyl sites for hydroxylation is 2. The van der Waals surface area contributed by atoms with Crippen LogP contribution in [0.2, 0.25) is 0 Å². The molecular formula is C16H23ClN4O2S. The van der Waals surface area contributed by atoms with E-state index in [9.17, 15) is 8.42 Å². The van der Waals surface area contributed by atoms with Crippen LogP contribution in [0, 0.1) is 0 Å². The molecule has 2 aromatic rings. The lowest BCUT2D eigenvalue weighted by molar-refractivity contribution is 0.522. The first-order valence-corrected chi connectivity index (χ1v) is 9.34. The number of halogens is 1. The van der Waals surface area contributed by atoms with Crippen molar-refractivity contribution >= 4 is 22.4 Å². The second-order valence-electron chi connectivity index (χ2n) is 6.00. The number of benzene rings is 1. The van der Waals surface area contributed by atoms with Crippen molar-refractivity contribution in [1.29, 1.82) is 0 Å². The summed E-state index contributed by atoms with van der Waals surface area (Å²) < 4.78 is 29.3. The van der Waals surface area contributed by atoms with Gasteiger partial charge in [0.15, 0.2) is 5.03 Å². The van der Waals surface area contributed by atoms with Crippen LogP contribution in [-0.2, 0) is 29.5 Å². The van der Waals surface area contributed by atoms with Crippen LogP contribution in [-0.4, -0.2) is 18.0 Å². The highest BCUT2D eigenvalue weighted by Crippen LogP contribution is 2.17. The van der Waals surface area contributed by atoms with Crippen LogP contribution in [0.4, 0.5) is 0 Å². The Morgan fingerprint density at radius 3 is 2.62 bits per heavy atom. The summed E-state index contributed by atoms with van der Waals surface area (Å²) in [4.78, 5) is 4.27. The average molecular weight is 371 g/mol. The highest BCUT2D eigenvalue weighted by molar-refractivity contribution is 7.89. The highest BCUT2D eigenvalue weighted by atomic mass is 35.5. The molecule has 3 N–H and O–H groups in total. The van der Waals surface area contributed by atoms with Crippen molar-refractivity contribution in [2.24, 2.45) is 5.73 Å². The van der Waals surface area contributed by atoms with E-state index in [0.717, 1.165) is 42.8 Å². The molecule has 0 fully saturated rings. The lowest BCUT2D eigenvalue weighted by Gasteiger charge is -2.11. The number of sulfonamides is 1. The van der Waals surface area contributed by atoms with E-state index in [0.29, 0.717) is 0 Å². The molecule has 24 heavy (non-hydrogen) atoms. The van der Waals surface area contributed by atoms with Crippen LogP contribution in [0.25, 0.3) is 0 Å². The van der Waals surface area contributed by atoms with E-state index in [1.807, 2.05) is 35.8 Å². The first-order valence-electron chi connectivity index (χ1n) is 7.86. The summed E-state index contributed by atoms with van der Waals surface area (Å²) in [5, 5.41) is 0.113. The Balaban J connectivity index is 0.00000208.